The molecule has 132 valence electrons. The first kappa shape index (κ1) is 17.0. The highest BCUT2D eigenvalue weighted by Crippen LogP contribution is 2.41. The first-order chi connectivity index (χ1) is 12.7. The van der Waals surface area contributed by atoms with Crippen LogP contribution >= 0.6 is 23.1 Å². The summed E-state index contributed by atoms with van der Waals surface area (Å²) < 4.78 is 2.11. The van der Waals surface area contributed by atoms with E-state index in [0.29, 0.717) is 11.6 Å². The summed E-state index contributed by atoms with van der Waals surface area (Å²) in [5.74, 6) is 0.241. The molecule has 0 spiro atoms. The third-order valence-corrected chi connectivity index (χ3v) is 5.75. The predicted octanol–water partition coefficient (Wildman–Crippen LogP) is 3.39. The predicted molar refractivity (Wildman–Crippen MR) is 101 cm³/mol. The molecule has 6 nitrogen and oxygen atoms in total. The number of imide groups is 1. The number of carbonyl (C=O) groups excluding carboxylic acids is 2. The zero-order valence-corrected chi connectivity index (χ0v) is 15.4. The lowest BCUT2D eigenvalue weighted by molar-refractivity contribution is -0.117. The summed E-state index contributed by atoms with van der Waals surface area (Å²) in [6.45, 7) is 0. The summed E-state index contributed by atoms with van der Waals surface area (Å²) in [5, 5.41) is 13.7. The molecular weight excluding hydrogens is 368 g/mol. The second-order valence-corrected chi connectivity index (χ2v) is 7.81. The Morgan fingerprint density at radius 2 is 1.96 bits per heavy atom. The fourth-order valence-electron chi connectivity index (χ4n) is 2.57. The van der Waals surface area contributed by atoms with Crippen LogP contribution in [0.5, 0.6) is 0 Å². The van der Waals surface area contributed by atoms with Gasteiger partial charge in [-0.05, 0) is 36.4 Å². The topological polar surface area (TPSA) is 76.9 Å². The molecule has 0 saturated heterocycles. The maximum Gasteiger partial charge on any atom is 0.257 e. The molecule has 3 aromatic rings. The van der Waals surface area contributed by atoms with Crippen molar-refractivity contribution in [2.45, 2.75) is 24.0 Å². The van der Waals surface area contributed by atoms with Gasteiger partial charge in [-0.2, -0.15) is 0 Å². The molecule has 0 atom stereocenters. The van der Waals surface area contributed by atoms with E-state index in [4.69, 9.17) is 0 Å². The van der Waals surface area contributed by atoms with Gasteiger partial charge >= 0.3 is 0 Å². The van der Waals surface area contributed by atoms with Gasteiger partial charge < -0.3 is 0 Å². The van der Waals surface area contributed by atoms with Crippen molar-refractivity contribution in [2.75, 3.05) is 5.75 Å². The van der Waals surface area contributed by atoms with Crippen LogP contribution in [0.4, 0.5) is 0 Å². The highest BCUT2D eigenvalue weighted by molar-refractivity contribution is 7.99. The minimum Gasteiger partial charge on any atom is -0.298 e. The van der Waals surface area contributed by atoms with Crippen LogP contribution in [0, 0.1) is 0 Å². The van der Waals surface area contributed by atoms with Crippen LogP contribution in [0.3, 0.4) is 0 Å². The van der Waals surface area contributed by atoms with E-state index in [1.54, 1.807) is 35.6 Å². The number of benzene rings is 1. The molecule has 0 radical (unpaired) electrons. The zero-order chi connectivity index (χ0) is 17.9. The van der Waals surface area contributed by atoms with E-state index >= 15 is 0 Å². The number of nitrogens with zero attached hydrogens (tertiary/aromatic N) is 3. The molecular formula is C18H16N4O2S2. The molecule has 2 amide bonds. The first-order valence-corrected chi connectivity index (χ1v) is 10.1. The van der Waals surface area contributed by atoms with Crippen LogP contribution in [0.1, 0.15) is 29.2 Å². The fraction of sp³-hybridized carbons (Fsp3) is 0.222. The number of nitrogens with one attached hydrogen (secondary N) is 1. The van der Waals surface area contributed by atoms with Gasteiger partial charge in [0.1, 0.15) is 0 Å². The Balaban J connectivity index is 1.42. The van der Waals surface area contributed by atoms with Crippen molar-refractivity contribution in [3.8, 4) is 10.7 Å². The Bertz CT molecular complexity index is 918. The Labute approximate surface area is 158 Å². The third kappa shape index (κ3) is 3.71. The lowest BCUT2D eigenvalue weighted by Crippen LogP contribution is -2.31. The van der Waals surface area contributed by atoms with Crippen molar-refractivity contribution in [3.05, 3.63) is 53.4 Å². The lowest BCUT2D eigenvalue weighted by Gasteiger charge is -2.08. The quantitative estimate of drug-likeness (QED) is 0.659. The van der Waals surface area contributed by atoms with Gasteiger partial charge in [0.25, 0.3) is 5.91 Å². The average Bonchev–Trinajstić information content (AvgIpc) is 3.18. The number of hydrogen-bond donors (Lipinski definition) is 1. The van der Waals surface area contributed by atoms with Crippen molar-refractivity contribution < 1.29 is 9.59 Å². The molecule has 1 aliphatic rings. The van der Waals surface area contributed by atoms with Gasteiger partial charge in [-0.15, -0.1) is 21.5 Å². The summed E-state index contributed by atoms with van der Waals surface area (Å²) in [5.41, 5.74) is 0.465. The van der Waals surface area contributed by atoms with Gasteiger partial charge in [0.2, 0.25) is 5.91 Å². The van der Waals surface area contributed by atoms with E-state index in [-0.39, 0.29) is 17.6 Å². The Hall–Kier alpha value is -2.45. The number of hydrogen-bond acceptors (Lipinski definition) is 6. The molecule has 0 unspecified atom stereocenters. The highest BCUT2D eigenvalue weighted by Gasteiger charge is 2.30. The monoisotopic (exact) mass is 384 g/mol. The van der Waals surface area contributed by atoms with Crippen LogP contribution in [0.15, 0.2) is 53.0 Å². The highest BCUT2D eigenvalue weighted by atomic mass is 32.2. The number of thioether (sulfide) groups is 1. The second-order valence-electron chi connectivity index (χ2n) is 5.92. The van der Waals surface area contributed by atoms with Crippen LogP contribution in [0.2, 0.25) is 0 Å². The average molecular weight is 384 g/mol. The van der Waals surface area contributed by atoms with E-state index < -0.39 is 0 Å². The zero-order valence-electron chi connectivity index (χ0n) is 13.8. The van der Waals surface area contributed by atoms with E-state index in [9.17, 15) is 9.59 Å². The number of carbonyl (C=O) groups is 2. The number of rotatable bonds is 6. The van der Waals surface area contributed by atoms with Gasteiger partial charge in [0.15, 0.2) is 11.0 Å². The molecule has 8 heteroatoms. The summed E-state index contributed by atoms with van der Waals surface area (Å²) >= 11 is 2.93. The van der Waals surface area contributed by atoms with E-state index in [2.05, 4.69) is 20.1 Å². The van der Waals surface area contributed by atoms with E-state index in [1.807, 2.05) is 23.6 Å². The van der Waals surface area contributed by atoms with Crippen LogP contribution in [-0.4, -0.2) is 32.3 Å². The standard InChI is InChI=1S/C18H16N4O2S2/c23-15(19-17(24)12-5-2-1-3-6-12)11-26-18-21-20-16(14-7-4-10-25-14)22(18)13-8-9-13/h1-7,10,13H,8-9,11H2,(H,19,23,24). The summed E-state index contributed by atoms with van der Waals surface area (Å²) in [6, 6.07) is 13.1. The Morgan fingerprint density at radius 1 is 1.15 bits per heavy atom. The molecule has 1 aromatic carbocycles. The van der Waals surface area contributed by atoms with Crippen molar-refractivity contribution in [1.29, 1.82) is 0 Å². The fourth-order valence-corrected chi connectivity index (χ4v) is 4.08. The van der Waals surface area contributed by atoms with Crippen molar-refractivity contribution in [3.63, 3.8) is 0 Å². The first-order valence-electron chi connectivity index (χ1n) is 8.23. The summed E-state index contributed by atoms with van der Waals surface area (Å²) in [7, 11) is 0. The minimum atomic E-state index is -0.390. The Morgan fingerprint density at radius 3 is 2.65 bits per heavy atom. The van der Waals surface area contributed by atoms with Crippen LogP contribution < -0.4 is 5.32 Å². The van der Waals surface area contributed by atoms with Crippen molar-refractivity contribution >= 4 is 34.9 Å². The van der Waals surface area contributed by atoms with E-state index in [1.165, 1.54) is 11.8 Å². The molecule has 2 aromatic heterocycles. The second kappa shape index (κ2) is 7.43. The molecule has 4 rings (SSSR count). The maximum atomic E-state index is 12.1. The van der Waals surface area contributed by atoms with Gasteiger partial charge in [-0.3, -0.25) is 19.5 Å². The SMILES string of the molecule is O=C(CSc1nnc(-c2cccs2)n1C1CC1)NC(=O)c1ccccc1. The van der Waals surface area contributed by atoms with Crippen LogP contribution in [0.25, 0.3) is 10.7 Å². The molecule has 1 saturated carbocycles. The summed E-state index contributed by atoms with van der Waals surface area (Å²) in [4.78, 5) is 25.2. The number of aromatic nitrogens is 3. The lowest BCUT2D eigenvalue weighted by atomic mass is 10.2. The van der Waals surface area contributed by atoms with Gasteiger partial charge in [-0.25, -0.2) is 0 Å². The third-order valence-electron chi connectivity index (χ3n) is 3.94. The van der Waals surface area contributed by atoms with Gasteiger partial charge in [-0.1, -0.05) is 36.0 Å². The maximum absolute atomic E-state index is 12.1. The molecule has 2 heterocycles. The largest absolute Gasteiger partial charge is 0.298 e. The Kier molecular flexibility index (Phi) is 4.85. The molecule has 1 fully saturated rings. The van der Waals surface area contributed by atoms with E-state index in [0.717, 1.165) is 28.7 Å². The van der Waals surface area contributed by atoms with Crippen LogP contribution in [-0.2, 0) is 4.79 Å². The molecule has 26 heavy (non-hydrogen) atoms. The molecule has 1 N–H and O–H groups in total. The minimum absolute atomic E-state index is 0.119. The van der Waals surface area contributed by atoms with Crippen molar-refractivity contribution in [2.24, 2.45) is 0 Å². The molecule has 0 bridgehead atoms. The summed E-state index contributed by atoms with van der Waals surface area (Å²) in [6.07, 6.45) is 2.20. The van der Waals surface area contributed by atoms with Gasteiger partial charge in [0, 0.05) is 11.6 Å². The normalized spacial score (nSPS) is 13.5. The van der Waals surface area contributed by atoms with Gasteiger partial charge in [0.05, 0.1) is 10.6 Å². The number of thiophene rings is 1. The smallest absolute Gasteiger partial charge is 0.257 e. The van der Waals surface area contributed by atoms with Crippen molar-refractivity contribution in [1.82, 2.24) is 20.1 Å². The molecule has 0 aliphatic heterocycles. The molecule has 1 aliphatic carbocycles. The number of amides is 2.